The molecule has 0 N–H and O–H groups in total. The van der Waals surface area contributed by atoms with Crippen molar-refractivity contribution in [3.05, 3.63) is 119 Å². The van der Waals surface area contributed by atoms with E-state index in [1.165, 1.54) is 26.8 Å². The van der Waals surface area contributed by atoms with Gasteiger partial charge in [-0.15, -0.1) is 0 Å². The minimum absolute atomic E-state index is 0.148. The maximum atomic E-state index is 10.4. The van der Waals surface area contributed by atoms with Crippen molar-refractivity contribution >= 4 is 44.2 Å². The highest BCUT2D eigenvalue weighted by atomic mass is 35.5. The van der Waals surface area contributed by atoms with Crippen LogP contribution in [0.5, 0.6) is 0 Å². The highest BCUT2D eigenvalue weighted by Gasteiger charge is 2.28. The summed E-state index contributed by atoms with van der Waals surface area (Å²) in [4.78, 5) is 3.59. The van der Waals surface area contributed by atoms with Crippen LogP contribution in [0, 0.1) is 6.92 Å². The molecular weight excluding hydrogens is 483 g/mol. The summed E-state index contributed by atoms with van der Waals surface area (Å²) in [6.07, 6.45) is 0. The maximum absolute atomic E-state index is 10.4. The van der Waals surface area contributed by atoms with Crippen LogP contribution in [0.1, 0.15) is 5.56 Å². The first-order valence-corrected chi connectivity index (χ1v) is 13.0. The van der Waals surface area contributed by atoms with Crippen LogP contribution in [0.3, 0.4) is 0 Å². The largest absolute Gasteiger partial charge is 0.744 e. The van der Waals surface area contributed by atoms with E-state index in [-0.39, 0.29) is 15.8 Å². The van der Waals surface area contributed by atoms with Gasteiger partial charge in [0.05, 0.1) is 15.8 Å². The Morgan fingerprint density at radius 3 is 1.44 bits per heavy atom. The molecule has 0 aliphatic heterocycles. The molecule has 0 spiro atoms. The van der Waals surface area contributed by atoms with Crippen molar-refractivity contribution in [1.29, 1.82) is 0 Å². The van der Waals surface area contributed by atoms with Crippen molar-refractivity contribution in [2.75, 3.05) is 0 Å². The molecular formula is C25H20Cl2O3S2. The molecule has 4 rings (SSSR count). The molecule has 164 valence electrons. The second-order valence-corrected chi connectivity index (χ2v) is 11.1. The average Bonchev–Trinajstić information content (AvgIpc) is 2.77. The Balaban J connectivity index is 0.000000222. The Kier molecular flexibility index (Phi) is 8.40. The standard InChI is InChI=1S/C18H13Cl2S.C7H8O3S/c19-14-6-10-17(11-7-14)21(16-4-2-1-3-5-16)18-12-8-15(20)9-13-18;1-6-2-4-7(5-3-6)11(8,9)10/h1-13H;2-5H,1H3,(H,8,9,10)/q+1;/p-1. The van der Waals surface area contributed by atoms with Crippen LogP contribution in [-0.2, 0) is 21.0 Å². The first-order chi connectivity index (χ1) is 15.2. The van der Waals surface area contributed by atoms with Crippen molar-refractivity contribution in [2.45, 2.75) is 26.5 Å². The lowest BCUT2D eigenvalue weighted by Crippen LogP contribution is -2.04. The molecule has 4 aromatic rings. The summed E-state index contributed by atoms with van der Waals surface area (Å²) in [5.74, 6) is 0. The van der Waals surface area contributed by atoms with Crippen LogP contribution >= 0.6 is 23.2 Å². The average molecular weight is 503 g/mol. The van der Waals surface area contributed by atoms with Crippen LogP contribution in [0.2, 0.25) is 10.0 Å². The summed E-state index contributed by atoms with van der Waals surface area (Å²) >= 11 is 12.0. The number of hydrogen-bond acceptors (Lipinski definition) is 3. The fourth-order valence-corrected chi connectivity index (χ4v) is 5.59. The molecule has 0 saturated heterocycles. The predicted octanol–water partition coefficient (Wildman–Crippen LogP) is 6.99. The zero-order chi connectivity index (χ0) is 23.1. The molecule has 0 aromatic heterocycles. The quantitative estimate of drug-likeness (QED) is 0.223. The van der Waals surface area contributed by atoms with Crippen LogP contribution in [0.25, 0.3) is 0 Å². The van der Waals surface area contributed by atoms with E-state index in [1.807, 2.05) is 37.3 Å². The predicted molar refractivity (Wildman–Crippen MR) is 131 cm³/mol. The minimum Gasteiger partial charge on any atom is -0.744 e. The topological polar surface area (TPSA) is 57.2 Å². The number of aryl methyl sites for hydroxylation is 1. The molecule has 0 saturated carbocycles. The van der Waals surface area contributed by atoms with Crippen molar-refractivity contribution in [3.63, 3.8) is 0 Å². The van der Waals surface area contributed by atoms with Crippen LogP contribution in [-0.4, -0.2) is 13.0 Å². The SMILES string of the molecule is Cc1ccc(S(=O)(=O)[O-])cc1.Clc1ccc([S+](c2ccccc2)c2ccc(Cl)cc2)cc1. The number of halogens is 2. The van der Waals surface area contributed by atoms with E-state index in [2.05, 4.69) is 48.5 Å². The highest BCUT2D eigenvalue weighted by molar-refractivity contribution is 7.97. The molecule has 4 aromatic carbocycles. The molecule has 0 unspecified atom stereocenters. The third kappa shape index (κ3) is 6.86. The Bertz CT molecular complexity index is 1200. The number of rotatable bonds is 4. The van der Waals surface area contributed by atoms with E-state index < -0.39 is 10.1 Å². The smallest absolute Gasteiger partial charge is 0.166 e. The lowest BCUT2D eigenvalue weighted by molar-refractivity contribution is 0.463. The van der Waals surface area contributed by atoms with Gasteiger partial charge < -0.3 is 4.55 Å². The number of benzene rings is 4. The molecule has 32 heavy (non-hydrogen) atoms. The Morgan fingerprint density at radius 2 is 1.03 bits per heavy atom. The molecule has 0 fully saturated rings. The zero-order valence-corrected chi connectivity index (χ0v) is 20.3. The minimum atomic E-state index is -4.27. The fraction of sp³-hybridized carbons (Fsp3) is 0.0400. The van der Waals surface area contributed by atoms with Crippen molar-refractivity contribution in [2.24, 2.45) is 0 Å². The Morgan fingerprint density at radius 1 is 0.625 bits per heavy atom. The molecule has 3 nitrogen and oxygen atoms in total. The van der Waals surface area contributed by atoms with Crippen LogP contribution in [0.15, 0.2) is 123 Å². The zero-order valence-electron chi connectivity index (χ0n) is 17.1. The van der Waals surface area contributed by atoms with Gasteiger partial charge in [0.15, 0.2) is 14.7 Å². The molecule has 0 heterocycles. The van der Waals surface area contributed by atoms with Crippen molar-refractivity contribution < 1.29 is 13.0 Å². The number of hydrogen-bond donors (Lipinski definition) is 0. The van der Waals surface area contributed by atoms with E-state index in [4.69, 9.17) is 23.2 Å². The van der Waals surface area contributed by atoms with Gasteiger partial charge in [0.25, 0.3) is 0 Å². The highest BCUT2D eigenvalue weighted by Crippen LogP contribution is 2.32. The van der Waals surface area contributed by atoms with Crippen molar-refractivity contribution in [1.82, 2.24) is 0 Å². The normalized spacial score (nSPS) is 11.0. The molecule has 0 bridgehead atoms. The first-order valence-electron chi connectivity index (χ1n) is 9.57. The van der Waals surface area contributed by atoms with E-state index in [0.29, 0.717) is 0 Å². The molecule has 0 aliphatic rings. The summed E-state index contributed by atoms with van der Waals surface area (Å²) in [5, 5.41) is 1.51. The van der Waals surface area contributed by atoms with E-state index in [9.17, 15) is 13.0 Å². The molecule has 0 aliphatic carbocycles. The molecule has 0 amide bonds. The monoisotopic (exact) mass is 502 g/mol. The third-order valence-electron chi connectivity index (χ3n) is 4.39. The Hall–Kier alpha value is -2.28. The summed E-state index contributed by atoms with van der Waals surface area (Å²) < 4.78 is 31.2. The van der Waals surface area contributed by atoms with E-state index in [1.54, 1.807) is 12.1 Å². The summed E-state index contributed by atoms with van der Waals surface area (Å²) in [7, 11) is -4.42. The van der Waals surface area contributed by atoms with Gasteiger partial charge in [-0.3, -0.25) is 0 Å². The van der Waals surface area contributed by atoms with Crippen LogP contribution < -0.4 is 0 Å². The van der Waals surface area contributed by atoms with Gasteiger partial charge in [-0.2, -0.15) is 0 Å². The lowest BCUT2D eigenvalue weighted by atomic mass is 10.2. The van der Waals surface area contributed by atoms with Gasteiger partial charge in [0.1, 0.15) is 10.1 Å². The van der Waals surface area contributed by atoms with Gasteiger partial charge in [0.2, 0.25) is 0 Å². The lowest BCUT2D eigenvalue weighted by Gasteiger charge is -2.08. The van der Waals surface area contributed by atoms with Gasteiger partial charge in [-0.05, 0) is 79.7 Å². The second kappa shape index (κ2) is 11.0. The first kappa shape index (κ1) is 24.4. The Labute approximate surface area is 201 Å². The van der Waals surface area contributed by atoms with E-state index >= 15 is 0 Å². The second-order valence-electron chi connectivity index (χ2n) is 6.79. The van der Waals surface area contributed by atoms with Gasteiger partial charge in [0, 0.05) is 10.0 Å². The molecule has 0 radical (unpaired) electrons. The molecule has 0 atom stereocenters. The van der Waals surface area contributed by atoms with E-state index in [0.717, 1.165) is 15.6 Å². The van der Waals surface area contributed by atoms with Crippen LogP contribution in [0.4, 0.5) is 0 Å². The molecule has 7 heteroatoms. The fourth-order valence-electron chi connectivity index (χ4n) is 2.81. The van der Waals surface area contributed by atoms with Crippen molar-refractivity contribution in [3.8, 4) is 0 Å². The maximum Gasteiger partial charge on any atom is 0.166 e. The van der Waals surface area contributed by atoms with Gasteiger partial charge in [-0.25, -0.2) is 8.42 Å². The summed E-state index contributed by atoms with van der Waals surface area (Å²) in [6, 6.07) is 32.4. The van der Waals surface area contributed by atoms with Gasteiger partial charge in [-0.1, -0.05) is 59.1 Å². The third-order valence-corrected chi connectivity index (χ3v) is 7.97. The summed E-state index contributed by atoms with van der Waals surface area (Å²) in [5.41, 5.74) is 0.928. The summed E-state index contributed by atoms with van der Waals surface area (Å²) in [6.45, 7) is 1.82. The van der Waals surface area contributed by atoms with Gasteiger partial charge >= 0.3 is 0 Å².